The van der Waals surface area contributed by atoms with E-state index in [-0.39, 0.29) is 19.2 Å². The number of allylic oxidation sites excluding steroid dienone is 4. The Bertz CT molecular complexity index is 895. The van der Waals surface area contributed by atoms with E-state index in [1.807, 2.05) is 0 Å². The Morgan fingerprint density at radius 1 is 0.582 bits per heavy atom. The molecule has 0 aromatic carbocycles. The van der Waals surface area contributed by atoms with Crippen molar-refractivity contribution in [2.45, 2.75) is 237 Å². The Balaban J connectivity index is 2.24. The molecule has 1 rings (SSSR count). The van der Waals surface area contributed by atoms with Crippen molar-refractivity contribution in [3.8, 4) is 0 Å². The van der Waals surface area contributed by atoms with Crippen LogP contribution < -0.4 is 0 Å². The first kappa shape index (κ1) is 51.7. The van der Waals surface area contributed by atoms with Gasteiger partial charge in [-0.3, -0.25) is 4.79 Å². The van der Waals surface area contributed by atoms with E-state index >= 15 is 0 Å². The standard InChI is InChI=1S/C46H86O9/c1-3-5-7-9-11-13-15-17-18-19-20-21-22-24-26-28-30-32-34-36-52-38-40(39-53-46-45(51)44(50)43(49)41(37-47)55-46)54-42(48)35-33-31-29-27-25-23-16-14-12-10-8-6-4-2/h13,15,18-19,40-41,43-47,49-51H,3-12,14,16-17,20-39H2,1-2H3/b15-13-,19-18-. The lowest BCUT2D eigenvalue weighted by atomic mass is 9.99. The molecule has 9 nitrogen and oxygen atoms in total. The number of aliphatic hydroxyl groups excluding tert-OH is 4. The van der Waals surface area contributed by atoms with E-state index in [0.29, 0.717) is 13.0 Å². The maximum atomic E-state index is 12.8. The zero-order valence-corrected chi connectivity index (χ0v) is 35.4. The molecular weight excluding hydrogens is 696 g/mol. The van der Waals surface area contributed by atoms with Crippen molar-refractivity contribution in [1.29, 1.82) is 0 Å². The van der Waals surface area contributed by atoms with Gasteiger partial charge in [-0.2, -0.15) is 0 Å². The first-order valence-corrected chi connectivity index (χ1v) is 22.9. The predicted octanol–water partition coefficient (Wildman–Crippen LogP) is 10.2. The molecule has 1 fully saturated rings. The summed E-state index contributed by atoms with van der Waals surface area (Å²) >= 11 is 0. The normalized spacial score (nSPS) is 20.9. The minimum atomic E-state index is -1.53. The molecule has 0 aromatic heterocycles. The van der Waals surface area contributed by atoms with Crippen molar-refractivity contribution < 1.29 is 44.2 Å². The fraction of sp³-hybridized carbons (Fsp3) is 0.891. The monoisotopic (exact) mass is 783 g/mol. The van der Waals surface area contributed by atoms with Crippen molar-refractivity contribution in [1.82, 2.24) is 0 Å². The maximum Gasteiger partial charge on any atom is 0.306 e. The molecule has 6 unspecified atom stereocenters. The topological polar surface area (TPSA) is 135 Å². The van der Waals surface area contributed by atoms with E-state index in [2.05, 4.69) is 38.2 Å². The van der Waals surface area contributed by atoms with Crippen molar-refractivity contribution >= 4 is 5.97 Å². The van der Waals surface area contributed by atoms with Gasteiger partial charge in [0.25, 0.3) is 0 Å². The number of hydrogen-bond donors (Lipinski definition) is 4. The number of hydrogen-bond acceptors (Lipinski definition) is 9. The minimum absolute atomic E-state index is 0.112. The Hall–Kier alpha value is -1.33. The Morgan fingerprint density at radius 3 is 1.58 bits per heavy atom. The quantitative estimate of drug-likeness (QED) is 0.0273. The van der Waals surface area contributed by atoms with Crippen LogP contribution in [0.5, 0.6) is 0 Å². The highest BCUT2D eigenvalue weighted by molar-refractivity contribution is 5.69. The highest BCUT2D eigenvalue weighted by Crippen LogP contribution is 2.22. The lowest BCUT2D eigenvalue weighted by Gasteiger charge is -2.39. The summed E-state index contributed by atoms with van der Waals surface area (Å²) in [7, 11) is 0. The summed E-state index contributed by atoms with van der Waals surface area (Å²) in [5, 5.41) is 40.1. The summed E-state index contributed by atoms with van der Waals surface area (Å²) in [5.41, 5.74) is 0. The molecule has 1 aliphatic heterocycles. The van der Waals surface area contributed by atoms with E-state index in [4.69, 9.17) is 18.9 Å². The van der Waals surface area contributed by atoms with Crippen molar-refractivity contribution in [3.63, 3.8) is 0 Å². The molecule has 324 valence electrons. The highest BCUT2D eigenvalue weighted by atomic mass is 16.7. The summed E-state index contributed by atoms with van der Waals surface area (Å²) in [5.74, 6) is -0.314. The second-order valence-electron chi connectivity index (χ2n) is 15.9. The van der Waals surface area contributed by atoms with Crippen molar-refractivity contribution in [3.05, 3.63) is 24.3 Å². The predicted molar refractivity (Wildman–Crippen MR) is 224 cm³/mol. The zero-order chi connectivity index (χ0) is 40.0. The van der Waals surface area contributed by atoms with Crippen LogP contribution in [0.1, 0.15) is 200 Å². The Kier molecular flexibility index (Phi) is 35.9. The van der Waals surface area contributed by atoms with E-state index in [9.17, 15) is 25.2 Å². The summed E-state index contributed by atoms with van der Waals surface area (Å²) in [6.45, 7) is 4.55. The maximum absolute atomic E-state index is 12.8. The van der Waals surface area contributed by atoms with Crippen LogP contribution >= 0.6 is 0 Å². The van der Waals surface area contributed by atoms with E-state index in [1.165, 1.54) is 141 Å². The largest absolute Gasteiger partial charge is 0.457 e. The summed E-state index contributed by atoms with van der Waals surface area (Å²) in [6, 6.07) is 0. The fourth-order valence-corrected chi connectivity index (χ4v) is 6.99. The van der Waals surface area contributed by atoms with Gasteiger partial charge in [0.15, 0.2) is 6.29 Å². The molecule has 0 aromatic rings. The molecule has 1 saturated heterocycles. The molecule has 6 atom stereocenters. The second kappa shape index (κ2) is 38.2. The Labute approximate surface area is 337 Å². The molecule has 0 radical (unpaired) electrons. The Morgan fingerprint density at radius 2 is 1.05 bits per heavy atom. The van der Waals surface area contributed by atoms with Gasteiger partial charge in [0.2, 0.25) is 0 Å². The van der Waals surface area contributed by atoms with Gasteiger partial charge in [0.1, 0.15) is 30.5 Å². The van der Waals surface area contributed by atoms with Gasteiger partial charge in [0, 0.05) is 13.0 Å². The molecule has 9 heteroatoms. The van der Waals surface area contributed by atoms with E-state index in [1.54, 1.807) is 0 Å². The van der Waals surface area contributed by atoms with Crippen molar-refractivity contribution in [2.24, 2.45) is 0 Å². The van der Waals surface area contributed by atoms with E-state index in [0.717, 1.165) is 38.5 Å². The van der Waals surface area contributed by atoms with Crippen LogP contribution in [0, 0.1) is 0 Å². The molecule has 0 bridgehead atoms. The van der Waals surface area contributed by atoms with Gasteiger partial charge >= 0.3 is 5.97 Å². The van der Waals surface area contributed by atoms with E-state index < -0.39 is 43.4 Å². The van der Waals surface area contributed by atoms with Gasteiger partial charge in [-0.15, -0.1) is 0 Å². The lowest BCUT2D eigenvalue weighted by Crippen LogP contribution is -2.59. The molecule has 0 amide bonds. The number of rotatable bonds is 39. The van der Waals surface area contributed by atoms with Crippen LogP contribution in [0.3, 0.4) is 0 Å². The van der Waals surface area contributed by atoms with Crippen LogP contribution in [0.15, 0.2) is 24.3 Å². The number of ether oxygens (including phenoxy) is 4. The number of carbonyl (C=O) groups excluding carboxylic acids is 1. The molecule has 0 saturated carbocycles. The SMILES string of the molecule is CCCCCC/C=C\C/C=C\CCCCCCCCCCOCC(COC1OC(CO)C(O)C(O)C1O)OC(=O)CCCCCCCCCCCCCCC. The van der Waals surface area contributed by atoms with Crippen LogP contribution in [0.2, 0.25) is 0 Å². The summed E-state index contributed by atoms with van der Waals surface area (Å²) < 4.78 is 22.8. The molecular formula is C46H86O9. The fourth-order valence-electron chi connectivity index (χ4n) is 6.99. The van der Waals surface area contributed by atoms with Gasteiger partial charge < -0.3 is 39.4 Å². The minimum Gasteiger partial charge on any atom is -0.457 e. The van der Waals surface area contributed by atoms with Crippen LogP contribution in [0.4, 0.5) is 0 Å². The summed E-state index contributed by atoms with van der Waals surface area (Å²) in [4.78, 5) is 12.8. The first-order chi connectivity index (χ1) is 26.9. The zero-order valence-electron chi connectivity index (χ0n) is 35.4. The van der Waals surface area contributed by atoms with Gasteiger partial charge in [-0.1, -0.05) is 173 Å². The third-order valence-electron chi connectivity index (χ3n) is 10.6. The number of carbonyl (C=O) groups is 1. The number of esters is 1. The van der Waals surface area contributed by atoms with Gasteiger partial charge in [-0.25, -0.2) is 0 Å². The third kappa shape index (κ3) is 29.5. The van der Waals surface area contributed by atoms with Gasteiger partial charge in [-0.05, 0) is 44.9 Å². The smallest absolute Gasteiger partial charge is 0.306 e. The third-order valence-corrected chi connectivity index (χ3v) is 10.6. The van der Waals surface area contributed by atoms with Gasteiger partial charge in [0.05, 0.1) is 19.8 Å². The second-order valence-corrected chi connectivity index (χ2v) is 15.9. The number of aliphatic hydroxyl groups is 4. The van der Waals surface area contributed by atoms with Crippen molar-refractivity contribution in [2.75, 3.05) is 26.4 Å². The van der Waals surface area contributed by atoms with Crippen LogP contribution in [0.25, 0.3) is 0 Å². The molecule has 0 spiro atoms. The number of unbranched alkanes of at least 4 members (excludes halogenated alkanes) is 24. The average molecular weight is 783 g/mol. The van der Waals surface area contributed by atoms with Crippen LogP contribution in [-0.4, -0.2) is 89.6 Å². The molecule has 1 aliphatic rings. The summed E-state index contributed by atoms with van der Waals surface area (Å²) in [6.07, 6.45) is 36.3. The lowest BCUT2D eigenvalue weighted by molar-refractivity contribution is -0.305. The molecule has 0 aliphatic carbocycles. The molecule has 4 N–H and O–H groups in total. The highest BCUT2D eigenvalue weighted by Gasteiger charge is 2.44. The average Bonchev–Trinajstić information content (AvgIpc) is 3.18. The van der Waals surface area contributed by atoms with Crippen LogP contribution in [-0.2, 0) is 23.7 Å². The molecule has 1 heterocycles. The first-order valence-electron chi connectivity index (χ1n) is 22.9. The molecule has 55 heavy (non-hydrogen) atoms.